The summed E-state index contributed by atoms with van der Waals surface area (Å²) in [6.07, 6.45) is 1.67. The number of aliphatic hydroxyl groups is 1. The Morgan fingerprint density at radius 1 is 1.21 bits per heavy atom. The van der Waals surface area contributed by atoms with Crippen LogP contribution in [0.5, 0.6) is 0 Å². The Bertz CT molecular complexity index is 1120. The van der Waals surface area contributed by atoms with Crippen molar-refractivity contribution in [2.75, 3.05) is 17.2 Å². The molecule has 1 atom stereocenters. The van der Waals surface area contributed by atoms with E-state index < -0.39 is 6.04 Å². The second-order valence-corrected chi connectivity index (χ2v) is 7.69. The molecule has 0 spiro atoms. The smallest absolute Gasteiger partial charge is 0.251 e. The third-order valence-corrected chi connectivity index (χ3v) is 4.93. The number of fused-ring (bicyclic) bond motifs is 1. The molecule has 0 aliphatic heterocycles. The molecule has 150 valence electrons. The number of nitrogens with one attached hydrogen (secondary N) is 2. The van der Waals surface area contributed by atoms with Crippen molar-refractivity contribution in [2.24, 2.45) is 5.73 Å². The van der Waals surface area contributed by atoms with Crippen molar-refractivity contribution < 1.29 is 9.52 Å². The van der Waals surface area contributed by atoms with E-state index >= 15 is 0 Å². The largest absolute Gasteiger partial charge is 0.419 e. The molecule has 10 heteroatoms. The van der Waals surface area contributed by atoms with Gasteiger partial charge in [-0.05, 0) is 32.0 Å². The van der Waals surface area contributed by atoms with Gasteiger partial charge in [-0.2, -0.15) is 0 Å². The van der Waals surface area contributed by atoms with E-state index in [2.05, 4.69) is 30.8 Å². The van der Waals surface area contributed by atoms with Crippen molar-refractivity contribution >= 4 is 38.7 Å². The van der Waals surface area contributed by atoms with E-state index in [0.717, 1.165) is 21.6 Å². The van der Waals surface area contributed by atoms with E-state index in [9.17, 15) is 5.11 Å². The first-order chi connectivity index (χ1) is 14.0. The number of hydrogen-bond donors (Lipinski definition) is 4. The summed E-state index contributed by atoms with van der Waals surface area (Å²) in [5.41, 5.74) is 10.9. The van der Waals surface area contributed by atoms with Gasteiger partial charge in [-0.3, -0.25) is 0 Å². The number of rotatable bonds is 7. The van der Waals surface area contributed by atoms with E-state index in [0.29, 0.717) is 11.4 Å². The van der Waals surface area contributed by atoms with Crippen molar-refractivity contribution in [3.63, 3.8) is 0 Å². The van der Waals surface area contributed by atoms with Crippen molar-refractivity contribution in [2.45, 2.75) is 25.9 Å². The van der Waals surface area contributed by atoms with Crippen molar-refractivity contribution in [1.82, 2.24) is 20.2 Å². The molecule has 5 N–H and O–H groups in total. The zero-order valence-corrected chi connectivity index (χ0v) is 16.8. The average molecular weight is 411 g/mol. The van der Waals surface area contributed by atoms with Gasteiger partial charge in [-0.25, -0.2) is 9.97 Å². The van der Waals surface area contributed by atoms with Crippen LogP contribution in [0.25, 0.3) is 21.7 Å². The molecule has 0 fully saturated rings. The first-order valence-electron chi connectivity index (χ1n) is 9.10. The number of pyridine rings is 1. The van der Waals surface area contributed by atoms with Gasteiger partial charge < -0.3 is 25.9 Å². The molecule has 1 aromatic carbocycles. The fourth-order valence-corrected chi connectivity index (χ4v) is 3.49. The van der Waals surface area contributed by atoms with Gasteiger partial charge in [0.2, 0.25) is 5.89 Å². The number of anilines is 3. The minimum Gasteiger partial charge on any atom is -0.419 e. The van der Waals surface area contributed by atoms with Gasteiger partial charge >= 0.3 is 0 Å². The Kier molecular flexibility index (Phi) is 5.38. The lowest BCUT2D eigenvalue weighted by Crippen LogP contribution is -2.14. The van der Waals surface area contributed by atoms with Crippen molar-refractivity contribution in [1.29, 1.82) is 0 Å². The quantitative estimate of drug-likeness (QED) is 0.361. The highest BCUT2D eigenvalue weighted by atomic mass is 32.1. The predicted octanol–water partition coefficient (Wildman–Crippen LogP) is 3.30. The van der Waals surface area contributed by atoms with Crippen LogP contribution < -0.4 is 16.4 Å². The maximum atomic E-state index is 9.18. The number of nitrogens with two attached hydrogens (primary N) is 1. The summed E-state index contributed by atoms with van der Waals surface area (Å²) in [6, 6.07) is 7.34. The molecule has 4 aromatic rings. The maximum absolute atomic E-state index is 9.18. The van der Waals surface area contributed by atoms with E-state index in [-0.39, 0.29) is 24.4 Å². The van der Waals surface area contributed by atoms with Gasteiger partial charge in [-0.1, -0.05) is 0 Å². The first-order valence-corrected chi connectivity index (χ1v) is 9.98. The Labute approximate surface area is 171 Å². The molecular weight excluding hydrogens is 390 g/mol. The van der Waals surface area contributed by atoms with Crippen LogP contribution in [0, 0.1) is 0 Å². The van der Waals surface area contributed by atoms with Crippen LogP contribution in [-0.4, -0.2) is 37.9 Å². The van der Waals surface area contributed by atoms with Crippen molar-refractivity contribution in [3.05, 3.63) is 41.9 Å². The number of benzene rings is 1. The van der Waals surface area contributed by atoms with Crippen LogP contribution in [0.3, 0.4) is 0 Å². The van der Waals surface area contributed by atoms with Crippen LogP contribution in [0.1, 0.15) is 25.8 Å². The summed E-state index contributed by atoms with van der Waals surface area (Å²) in [5.74, 6) is 1.14. The highest BCUT2D eigenvalue weighted by Crippen LogP contribution is 2.31. The van der Waals surface area contributed by atoms with Gasteiger partial charge in [0.05, 0.1) is 33.6 Å². The Hall–Kier alpha value is -3.08. The van der Waals surface area contributed by atoms with E-state index in [1.807, 2.05) is 43.6 Å². The fourth-order valence-electron chi connectivity index (χ4n) is 2.78. The summed E-state index contributed by atoms with van der Waals surface area (Å²) < 4.78 is 6.73. The molecule has 0 amide bonds. The normalized spacial score (nSPS) is 12.4. The SMILES string of the molecule is CC(C)Nc1cc(Nc2ccc3ncsc3c2)ncc1-c1nnc(C(N)CO)o1. The standard InChI is InChI=1S/C19H21N7O2S/c1-10(2)23-15-6-17(24-11-3-4-14-16(5-11)29-9-22-14)21-7-12(15)18-25-26-19(28-18)13(20)8-27/h3-7,9-10,13,27H,8,20H2,1-2H3,(H2,21,23,24). The molecule has 0 aliphatic carbocycles. The van der Waals surface area contributed by atoms with Crippen LogP contribution in [0.4, 0.5) is 17.2 Å². The second kappa shape index (κ2) is 8.11. The molecular formula is C19H21N7O2S. The fraction of sp³-hybridized carbons (Fsp3) is 0.263. The number of aliphatic hydroxyl groups excluding tert-OH is 1. The molecule has 0 saturated heterocycles. The van der Waals surface area contributed by atoms with Crippen LogP contribution >= 0.6 is 11.3 Å². The summed E-state index contributed by atoms with van der Waals surface area (Å²) in [7, 11) is 0. The highest BCUT2D eigenvalue weighted by molar-refractivity contribution is 7.16. The predicted molar refractivity (Wildman–Crippen MR) is 113 cm³/mol. The van der Waals surface area contributed by atoms with Crippen LogP contribution in [0.15, 0.2) is 40.4 Å². The average Bonchev–Trinajstić information content (AvgIpc) is 3.36. The third kappa shape index (κ3) is 4.19. The molecule has 0 aliphatic rings. The lowest BCUT2D eigenvalue weighted by molar-refractivity contribution is 0.248. The summed E-state index contributed by atoms with van der Waals surface area (Å²) in [5, 5.41) is 23.9. The Morgan fingerprint density at radius 2 is 2.07 bits per heavy atom. The number of aromatic nitrogens is 4. The highest BCUT2D eigenvalue weighted by Gasteiger charge is 2.18. The molecule has 0 saturated carbocycles. The first kappa shape index (κ1) is 19.2. The minimum absolute atomic E-state index is 0.179. The molecule has 3 heterocycles. The topological polar surface area (TPSA) is 135 Å². The van der Waals surface area contributed by atoms with Crippen molar-refractivity contribution in [3.8, 4) is 11.5 Å². The van der Waals surface area contributed by atoms with Crippen LogP contribution in [-0.2, 0) is 0 Å². The van der Waals surface area contributed by atoms with Crippen LogP contribution in [0.2, 0.25) is 0 Å². The van der Waals surface area contributed by atoms with Gasteiger partial charge in [0.25, 0.3) is 5.89 Å². The molecule has 0 bridgehead atoms. The Morgan fingerprint density at radius 3 is 2.86 bits per heavy atom. The molecule has 29 heavy (non-hydrogen) atoms. The van der Waals surface area contributed by atoms with Gasteiger partial charge in [-0.15, -0.1) is 21.5 Å². The molecule has 4 rings (SSSR count). The lowest BCUT2D eigenvalue weighted by Gasteiger charge is -2.15. The van der Waals surface area contributed by atoms with Gasteiger partial charge in [0.15, 0.2) is 0 Å². The summed E-state index contributed by atoms with van der Waals surface area (Å²) >= 11 is 1.59. The van der Waals surface area contributed by atoms with Gasteiger partial charge in [0, 0.05) is 24.0 Å². The summed E-state index contributed by atoms with van der Waals surface area (Å²) in [4.78, 5) is 8.79. The zero-order chi connectivity index (χ0) is 20.4. The monoisotopic (exact) mass is 411 g/mol. The van der Waals surface area contributed by atoms with E-state index in [1.165, 1.54) is 0 Å². The second-order valence-electron chi connectivity index (χ2n) is 6.81. The molecule has 9 nitrogen and oxygen atoms in total. The molecule has 1 unspecified atom stereocenters. The minimum atomic E-state index is -0.715. The third-order valence-electron chi connectivity index (χ3n) is 4.14. The molecule has 0 radical (unpaired) electrons. The summed E-state index contributed by atoms with van der Waals surface area (Å²) in [6.45, 7) is 3.80. The maximum Gasteiger partial charge on any atom is 0.251 e. The number of thiazole rings is 1. The lowest BCUT2D eigenvalue weighted by atomic mass is 10.2. The number of hydrogen-bond acceptors (Lipinski definition) is 10. The molecule has 3 aromatic heterocycles. The zero-order valence-electron chi connectivity index (χ0n) is 16.0. The van der Waals surface area contributed by atoms with Gasteiger partial charge in [0.1, 0.15) is 11.9 Å². The van der Waals surface area contributed by atoms with E-state index in [4.69, 9.17) is 10.2 Å². The Balaban J connectivity index is 1.65. The van der Waals surface area contributed by atoms with E-state index in [1.54, 1.807) is 17.5 Å². The number of nitrogens with zero attached hydrogens (tertiary/aromatic N) is 4.